The fourth-order valence-electron chi connectivity index (χ4n) is 3.66. The van der Waals surface area contributed by atoms with Crippen molar-refractivity contribution in [2.75, 3.05) is 14.1 Å². The van der Waals surface area contributed by atoms with Gasteiger partial charge in [-0.15, -0.1) is 0 Å². The molecule has 1 fully saturated rings. The van der Waals surface area contributed by atoms with Crippen LogP contribution in [-0.2, 0) is 11.4 Å². The third-order valence-corrected chi connectivity index (χ3v) is 6.77. The first-order valence-corrected chi connectivity index (χ1v) is 11.4. The summed E-state index contributed by atoms with van der Waals surface area (Å²) in [5.74, 6) is 0.776. The van der Waals surface area contributed by atoms with Crippen molar-refractivity contribution in [3.05, 3.63) is 87.0 Å². The number of amidine groups is 1. The highest BCUT2D eigenvalue weighted by Crippen LogP contribution is 2.33. The van der Waals surface area contributed by atoms with E-state index in [4.69, 9.17) is 16.3 Å². The van der Waals surface area contributed by atoms with E-state index in [1.807, 2.05) is 54.6 Å². The van der Waals surface area contributed by atoms with Gasteiger partial charge >= 0.3 is 0 Å². The van der Waals surface area contributed by atoms with Gasteiger partial charge in [-0.1, -0.05) is 23.7 Å². The SMILES string of the molecule is CN=C1S/C(=C/c2cc(C)n(-c3ccc(OCc4ccc(Cl)cc4)cc3)c2C)C(=O)N1C. The van der Waals surface area contributed by atoms with E-state index in [0.717, 1.165) is 34.0 Å². The van der Waals surface area contributed by atoms with Gasteiger partial charge in [0.1, 0.15) is 12.4 Å². The molecule has 7 heteroatoms. The quantitative estimate of drug-likeness (QED) is 0.443. The van der Waals surface area contributed by atoms with Crippen LogP contribution in [0.5, 0.6) is 5.75 Å². The zero-order valence-corrected chi connectivity index (χ0v) is 20.0. The fraction of sp³-hybridized carbons (Fsp3) is 0.200. The Labute approximate surface area is 197 Å². The summed E-state index contributed by atoms with van der Waals surface area (Å²) in [5, 5.41) is 1.43. The van der Waals surface area contributed by atoms with E-state index >= 15 is 0 Å². The number of benzene rings is 2. The Morgan fingerprint density at radius 2 is 1.78 bits per heavy atom. The van der Waals surface area contributed by atoms with Crippen molar-refractivity contribution >= 4 is 40.5 Å². The van der Waals surface area contributed by atoms with E-state index < -0.39 is 0 Å². The number of ether oxygens (including phenoxy) is 1. The highest BCUT2D eigenvalue weighted by atomic mass is 35.5. The van der Waals surface area contributed by atoms with Gasteiger partial charge in [-0.2, -0.15) is 0 Å². The molecule has 2 heterocycles. The number of likely N-dealkylation sites (N-methyl/N-ethyl adjacent to an activating group) is 1. The Balaban J connectivity index is 1.53. The minimum atomic E-state index is -0.0254. The van der Waals surface area contributed by atoms with Crippen LogP contribution in [-0.4, -0.2) is 34.6 Å². The number of aryl methyl sites for hydroxylation is 1. The molecule has 4 rings (SSSR count). The number of amides is 1. The van der Waals surface area contributed by atoms with Crippen LogP contribution < -0.4 is 4.74 Å². The van der Waals surface area contributed by atoms with Crippen molar-refractivity contribution in [3.63, 3.8) is 0 Å². The summed E-state index contributed by atoms with van der Waals surface area (Å²) < 4.78 is 8.08. The van der Waals surface area contributed by atoms with Crippen LogP contribution >= 0.6 is 23.4 Å². The molecule has 0 radical (unpaired) electrons. The molecule has 3 aromatic rings. The first-order chi connectivity index (χ1) is 15.4. The molecule has 2 aromatic carbocycles. The molecule has 164 valence electrons. The molecule has 0 spiro atoms. The van der Waals surface area contributed by atoms with E-state index in [-0.39, 0.29) is 5.91 Å². The number of halogens is 1. The van der Waals surface area contributed by atoms with Crippen LogP contribution in [0.25, 0.3) is 11.8 Å². The average Bonchev–Trinajstić information content (AvgIpc) is 3.23. The number of nitrogens with zero attached hydrogens (tertiary/aromatic N) is 3. The van der Waals surface area contributed by atoms with Crippen LogP contribution in [0.1, 0.15) is 22.5 Å². The Kier molecular flexibility index (Phi) is 6.44. The van der Waals surface area contributed by atoms with E-state index in [1.54, 1.807) is 19.0 Å². The van der Waals surface area contributed by atoms with Gasteiger partial charge < -0.3 is 9.30 Å². The maximum atomic E-state index is 12.5. The van der Waals surface area contributed by atoms with Crippen LogP contribution in [0, 0.1) is 13.8 Å². The van der Waals surface area contributed by atoms with Gasteiger partial charge in [0.2, 0.25) is 0 Å². The summed E-state index contributed by atoms with van der Waals surface area (Å²) in [6, 6.07) is 17.8. The maximum absolute atomic E-state index is 12.5. The lowest BCUT2D eigenvalue weighted by Gasteiger charge is -2.12. The number of aliphatic imine (C=N–C) groups is 1. The molecule has 0 aliphatic carbocycles. The van der Waals surface area contributed by atoms with Crippen molar-refractivity contribution in [3.8, 4) is 11.4 Å². The Morgan fingerprint density at radius 1 is 1.09 bits per heavy atom. The second kappa shape index (κ2) is 9.27. The Bertz CT molecular complexity index is 1210. The third-order valence-electron chi connectivity index (χ3n) is 5.37. The molecule has 5 nitrogen and oxygen atoms in total. The predicted octanol–water partition coefficient (Wildman–Crippen LogP) is 5.86. The highest BCUT2D eigenvalue weighted by Gasteiger charge is 2.30. The van der Waals surface area contributed by atoms with Gasteiger partial charge in [0, 0.05) is 36.2 Å². The molecular weight excluding hydrogens is 442 g/mol. The topological polar surface area (TPSA) is 46.8 Å². The molecule has 32 heavy (non-hydrogen) atoms. The molecule has 1 aromatic heterocycles. The van der Waals surface area contributed by atoms with Crippen molar-refractivity contribution in [2.45, 2.75) is 20.5 Å². The summed E-state index contributed by atoms with van der Waals surface area (Å²) in [5.41, 5.74) is 5.30. The van der Waals surface area contributed by atoms with E-state index in [2.05, 4.69) is 29.5 Å². The van der Waals surface area contributed by atoms with Crippen molar-refractivity contribution in [1.29, 1.82) is 0 Å². The van der Waals surface area contributed by atoms with Crippen LogP contribution in [0.3, 0.4) is 0 Å². The fourth-order valence-corrected chi connectivity index (χ4v) is 4.70. The first kappa shape index (κ1) is 22.2. The molecule has 0 atom stereocenters. The molecule has 0 N–H and O–H groups in total. The number of aromatic nitrogens is 1. The number of carbonyl (C=O) groups is 1. The van der Waals surface area contributed by atoms with Gasteiger partial charge in [-0.05, 0) is 85.3 Å². The summed E-state index contributed by atoms with van der Waals surface area (Å²) in [6.45, 7) is 4.61. The lowest BCUT2D eigenvalue weighted by atomic mass is 10.2. The minimum Gasteiger partial charge on any atom is -0.489 e. The predicted molar refractivity (Wildman–Crippen MR) is 133 cm³/mol. The molecule has 1 saturated heterocycles. The molecule has 1 aliphatic heterocycles. The van der Waals surface area contributed by atoms with Gasteiger partial charge in [-0.3, -0.25) is 14.7 Å². The number of rotatable bonds is 5. The second-order valence-electron chi connectivity index (χ2n) is 7.55. The number of hydrogen-bond donors (Lipinski definition) is 0. The molecule has 0 bridgehead atoms. The van der Waals surface area contributed by atoms with Gasteiger partial charge in [-0.25, -0.2) is 0 Å². The van der Waals surface area contributed by atoms with Crippen molar-refractivity contribution in [2.24, 2.45) is 4.99 Å². The van der Waals surface area contributed by atoms with Crippen LogP contribution in [0.2, 0.25) is 5.02 Å². The van der Waals surface area contributed by atoms with E-state index in [1.165, 1.54) is 11.8 Å². The smallest absolute Gasteiger partial charge is 0.266 e. The third kappa shape index (κ3) is 4.47. The monoisotopic (exact) mass is 465 g/mol. The normalized spacial score (nSPS) is 16.4. The van der Waals surface area contributed by atoms with E-state index in [9.17, 15) is 4.79 Å². The van der Waals surface area contributed by atoms with Gasteiger partial charge in [0.25, 0.3) is 5.91 Å². The Morgan fingerprint density at radius 3 is 2.41 bits per heavy atom. The second-order valence-corrected chi connectivity index (χ2v) is 9.00. The highest BCUT2D eigenvalue weighted by molar-refractivity contribution is 8.18. The first-order valence-electron chi connectivity index (χ1n) is 10.2. The molecular formula is C25H24ClN3O2S. The zero-order valence-electron chi connectivity index (χ0n) is 18.4. The molecule has 1 amide bonds. The van der Waals surface area contributed by atoms with Crippen molar-refractivity contribution in [1.82, 2.24) is 9.47 Å². The summed E-state index contributed by atoms with van der Waals surface area (Å²) >= 11 is 7.34. The van der Waals surface area contributed by atoms with Gasteiger partial charge in [0.15, 0.2) is 5.17 Å². The average molecular weight is 466 g/mol. The molecule has 0 unspecified atom stereocenters. The largest absolute Gasteiger partial charge is 0.489 e. The number of hydrogen-bond acceptors (Lipinski definition) is 4. The minimum absolute atomic E-state index is 0.0254. The summed E-state index contributed by atoms with van der Waals surface area (Å²) in [7, 11) is 3.45. The standard InChI is InChI=1S/C25H24ClN3O2S/c1-16-13-19(14-23-24(30)28(4)25(27-3)32-23)17(2)29(16)21-9-11-22(12-10-21)31-15-18-5-7-20(26)8-6-18/h5-14H,15H2,1-4H3/b23-14+,27-25?. The van der Waals surface area contributed by atoms with Crippen LogP contribution in [0.4, 0.5) is 0 Å². The summed E-state index contributed by atoms with van der Waals surface area (Å²) in [6.07, 6.45) is 1.95. The maximum Gasteiger partial charge on any atom is 0.266 e. The molecule has 1 aliphatic rings. The number of carbonyl (C=O) groups excluding carboxylic acids is 1. The lowest BCUT2D eigenvalue weighted by molar-refractivity contribution is -0.121. The Hall–Kier alpha value is -2.96. The number of thioether (sulfide) groups is 1. The lowest BCUT2D eigenvalue weighted by Crippen LogP contribution is -2.23. The molecule has 0 saturated carbocycles. The zero-order chi connectivity index (χ0) is 22.8. The van der Waals surface area contributed by atoms with Crippen molar-refractivity contribution < 1.29 is 9.53 Å². The summed E-state index contributed by atoms with van der Waals surface area (Å²) in [4.78, 5) is 18.9. The van der Waals surface area contributed by atoms with Gasteiger partial charge in [0.05, 0.1) is 4.91 Å². The van der Waals surface area contributed by atoms with E-state index in [0.29, 0.717) is 21.7 Å². The van der Waals surface area contributed by atoms with Crippen LogP contribution in [0.15, 0.2) is 64.5 Å².